The van der Waals surface area contributed by atoms with E-state index in [1.54, 1.807) is 0 Å². The lowest BCUT2D eigenvalue weighted by atomic mass is 9.75. The number of benzene rings is 1. The van der Waals surface area contributed by atoms with Gasteiger partial charge in [-0.1, -0.05) is 39.3 Å². The fraction of sp³-hybridized carbons (Fsp3) is 0.652. The number of rotatable bonds is 6. The molecule has 4 nitrogen and oxygen atoms in total. The van der Waals surface area contributed by atoms with Crippen molar-refractivity contribution in [1.29, 1.82) is 0 Å². The van der Waals surface area contributed by atoms with Crippen LogP contribution in [0.25, 0.3) is 0 Å². The second kappa shape index (κ2) is 9.23. The fourth-order valence-corrected chi connectivity index (χ4v) is 4.74. The highest BCUT2D eigenvalue weighted by atomic mass is 19.2. The number of halogens is 2. The van der Waals surface area contributed by atoms with E-state index in [0.717, 1.165) is 25.3 Å². The Kier molecular flexibility index (Phi) is 6.91. The van der Waals surface area contributed by atoms with Gasteiger partial charge in [0.25, 0.3) is 0 Å². The first-order chi connectivity index (χ1) is 13.8. The van der Waals surface area contributed by atoms with Crippen LogP contribution in [0.4, 0.5) is 8.78 Å². The minimum atomic E-state index is -0.940. The topological polar surface area (TPSA) is 46.6 Å². The summed E-state index contributed by atoms with van der Waals surface area (Å²) in [5.41, 5.74) is 0.125. The Hall–Kier alpha value is -1.98. The van der Waals surface area contributed by atoms with Crippen molar-refractivity contribution in [1.82, 2.24) is 4.90 Å². The van der Waals surface area contributed by atoms with E-state index in [4.69, 9.17) is 4.74 Å². The van der Waals surface area contributed by atoms with Gasteiger partial charge in [0.05, 0.1) is 6.42 Å². The highest BCUT2D eigenvalue weighted by Crippen LogP contribution is 2.36. The van der Waals surface area contributed by atoms with Crippen LogP contribution in [0, 0.1) is 29.4 Å². The number of carbonyl (C=O) groups excluding carboxylic acids is 2. The maximum absolute atomic E-state index is 14.0. The first-order valence-electron chi connectivity index (χ1n) is 10.7. The van der Waals surface area contributed by atoms with Crippen molar-refractivity contribution in [2.24, 2.45) is 17.8 Å². The lowest BCUT2D eigenvalue weighted by Crippen LogP contribution is -2.38. The van der Waals surface area contributed by atoms with Crippen LogP contribution in [-0.2, 0) is 20.9 Å². The highest BCUT2D eigenvalue weighted by molar-refractivity contribution is 5.80. The van der Waals surface area contributed by atoms with Crippen molar-refractivity contribution < 1.29 is 23.1 Å². The summed E-state index contributed by atoms with van der Waals surface area (Å²) in [6.45, 7) is 6.47. The van der Waals surface area contributed by atoms with Crippen molar-refractivity contribution in [2.45, 2.75) is 78.0 Å². The SMILES string of the molecule is CC(C)[C@H]1CC[C@H](C)C[C@@H]1OC(=O)C[C@H]1CCC(=O)N1Cc1cccc(F)c1F. The highest BCUT2D eigenvalue weighted by Gasteiger charge is 2.36. The van der Waals surface area contributed by atoms with Crippen molar-refractivity contribution in [3.63, 3.8) is 0 Å². The van der Waals surface area contributed by atoms with Crippen LogP contribution in [-0.4, -0.2) is 28.9 Å². The average molecular weight is 408 g/mol. The summed E-state index contributed by atoms with van der Waals surface area (Å²) in [6, 6.07) is 3.61. The molecule has 0 spiro atoms. The van der Waals surface area contributed by atoms with Gasteiger partial charge in [-0.05, 0) is 43.1 Å². The van der Waals surface area contributed by atoms with E-state index in [1.807, 2.05) is 0 Å². The zero-order valence-electron chi connectivity index (χ0n) is 17.5. The number of esters is 1. The maximum Gasteiger partial charge on any atom is 0.308 e. The van der Waals surface area contributed by atoms with Crippen LogP contribution < -0.4 is 0 Å². The summed E-state index contributed by atoms with van der Waals surface area (Å²) in [4.78, 5) is 26.5. The third kappa shape index (κ3) is 5.14. The van der Waals surface area contributed by atoms with Crippen molar-refractivity contribution in [2.75, 3.05) is 0 Å². The molecule has 1 aliphatic carbocycles. The van der Waals surface area contributed by atoms with Crippen LogP contribution >= 0.6 is 0 Å². The van der Waals surface area contributed by atoms with Gasteiger partial charge >= 0.3 is 5.97 Å². The van der Waals surface area contributed by atoms with Gasteiger partial charge in [0, 0.05) is 24.6 Å². The minimum absolute atomic E-state index is 0.0323. The molecule has 0 aromatic heterocycles. The monoisotopic (exact) mass is 407 g/mol. The Balaban J connectivity index is 1.64. The van der Waals surface area contributed by atoms with E-state index in [0.29, 0.717) is 30.6 Å². The van der Waals surface area contributed by atoms with Crippen LogP contribution in [0.1, 0.15) is 64.9 Å². The van der Waals surface area contributed by atoms with Gasteiger partial charge in [-0.25, -0.2) is 8.78 Å². The van der Waals surface area contributed by atoms with Crippen molar-refractivity contribution in [3.8, 4) is 0 Å². The largest absolute Gasteiger partial charge is 0.462 e. The molecular formula is C23H31F2NO3. The first-order valence-corrected chi connectivity index (χ1v) is 10.7. The number of likely N-dealkylation sites (tertiary alicyclic amines) is 1. The second-order valence-electron chi connectivity index (χ2n) is 8.99. The fourth-order valence-electron chi connectivity index (χ4n) is 4.74. The Labute approximate surface area is 171 Å². The molecule has 1 saturated heterocycles. The summed E-state index contributed by atoms with van der Waals surface area (Å²) >= 11 is 0. The summed E-state index contributed by atoms with van der Waals surface area (Å²) in [6.07, 6.45) is 3.93. The zero-order valence-corrected chi connectivity index (χ0v) is 17.5. The standard InChI is InChI=1S/C23H31F2NO3/c1-14(2)18-9-7-15(3)11-20(18)29-22(28)12-17-8-10-21(27)26(17)13-16-5-4-6-19(24)23(16)25/h4-6,14-15,17-18,20H,7-13H2,1-3H3/t15-,17+,18+,20-/m0/s1. The number of nitrogens with zero attached hydrogens (tertiary/aromatic N) is 1. The number of ether oxygens (including phenoxy) is 1. The van der Waals surface area contributed by atoms with E-state index in [1.165, 1.54) is 17.0 Å². The molecule has 0 radical (unpaired) electrons. The zero-order chi connectivity index (χ0) is 21.1. The van der Waals surface area contributed by atoms with Gasteiger partial charge in [0.15, 0.2) is 11.6 Å². The van der Waals surface area contributed by atoms with E-state index >= 15 is 0 Å². The van der Waals surface area contributed by atoms with E-state index in [-0.39, 0.29) is 42.6 Å². The van der Waals surface area contributed by atoms with Gasteiger partial charge in [0.2, 0.25) is 5.91 Å². The Morgan fingerprint density at radius 2 is 2.00 bits per heavy atom. The molecular weight excluding hydrogens is 376 g/mol. The molecule has 29 heavy (non-hydrogen) atoms. The molecule has 1 saturated carbocycles. The maximum atomic E-state index is 14.0. The average Bonchev–Trinajstić information content (AvgIpc) is 2.98. The van der Waals surface area contributed by atoms with Gasteiger partial charge in [0.1, 0.15) is 6.10 Å². The molecule has 0 bridgehead atoms. The van der Waals surface area contributed by atoms with Crippen LogP contribution in [0.5, 0.6) is 0 Å². The predicted octanol–water partition coefficient (Wildman–Crippen LogP) is 4.85. The molecule has 3 rings (SSSR count). The van der Waals surface area contributed by atoms with Gasteiger partial charge < -0.3 is 9.64 Å². The Morgan fingerprint density at radius 1 is 1.24 bits per heavy atom. The smallest absolute Gasteiger partial charge is 0.308 e. The molecule has 1 heterocycles. The molecule has 1 aromatic carbocycles. The van der Waals surface area contributed by atoms with Gasteiger partial charge in [-0.3, -0.25) is 9.59 Å². The van der Waals surface area contributed by atoms with Crippen LogP contribution in [0.2, 0.25) is 0 Å². The molecule has 1 aliphatic heterocycles. The third-order valence-corrected chi connectivity index (χ3v) is 6.47. The normalized spacial score (nSPS) is 27.5. The molecule has 6 heteroatoms. The molecule has 160 valence electrons. The van der Waals surface area contributed by atoms with Crippen LogP contribution in [0.3, 0.4) is 0 Å². The number of carbonyl (C=O) groups is 2. The summed E-state index contributed by atoms with van der Waals surface area (Å²) in [7, 11) is 0. The van der Waals surface area contributed by atoms with E-state index in [9.17, 15) is 18.4 Å². The third-order valence-electron chi connectivity index (χ3n) is 6.47. The van der Waals surface area contributed by atoms with Gasteiger partial charge in [-0.15, -0.1) is 0 Å². The summed E-state index contributed by atoms with van der Waals surface area (Å²) in [5.74, 6) is -0.986. The quantitative estimate of drug-likeness (QED) is 0.634. The summed E-state index contributed by atoms with van der Waals surface area (Å²) in [5, 5.41) is 0. The predicted molar refractivity (Wildman–Crippen MR) is 106 cm³/mol. The molecule has 1 aromatic rings. The first kappa shape index (κ1) is 21.7. The second-order valence-corrected chi connectivity index (χ2v) is 8.99. The molecule has 0 N–H and O–H groups in total. The molecule has 1 amide bonds. The molecule has 4 atom stereocenters. The lowest BCUT2D eigenvalue weighted by molar-refractivity contribution is -0.157. The molecule has 2 aliphatic rings. The molecule has 2 fully saturated rings. The summed E-state index contributed by atoms with van der Waals surface area (Å²) < 4.78 is 33.4. The molecule has 0 unspecified atom stereocenters. The van der Waals surface area contributed by atoms with Crippen molar-refractivity contribution in [3.05, 3.63) is 35.4 Å². The van der Waals surface area contributed by atoms with Crippen molar-refractivity contribution >= 4 is 11.9 Å². The Bertz CT molecular complexity index is 752. The number of hydrogen-bond acceptors (Lipinski definition) is 3. The van der Waals surface area contributed by atoms with E-state index in [2.05, 4.69) is 20.8 Å². The number of amides is 1. The minimum Gasteiger partial charge on any atom is -0.462 e. The van der Waals surface area contributed by atoms with E-state index < -0.39 is 11.6 Å². The number of hydrogen-bond donors (Lipinski definition) is 0. The Morgan fingerprint density at radius 3 is 2.72 bits per heavy atom. The lowest BCUT2D eigenvalue weighted by Gasteiger charge is -2.37. The van der Waals surface area contributed by atoms with Crippen LogP contribution in [0.15, 0.2) is 18.2 Å². The van der Waals surface area contributed by atoms with Gasteiger partial charge in [-0.2, -0.15) is 0 Å².